The molecule has 0 radical (unpaired) electrons. The van der Waals surface area contributed by atoms with Crippen LogP contribution in [0, 0.1) is 0 Å². The molecule has 6 nitrogen and oxygen atoms in total. The van der Waals surface area contributed by atoms with Crippen molar-refractivity contribution < 1.29 is 9.53 Å². The Morgan fingerprint density at radius 3 is 2.81 bits per heavy atom. The number of nitrogen functional groups attached to an aromatic ring is 1. The van der Waals surface area contributed by atoms with E-state index in [-0.39, 0.29) is 6.10 Å². The highest BCUT2D eigenvalue weighted by Gasteiger charge is 2.21. The summed E-state index contributed by atoms with van der Waals surface area (Å²) < 4.78 is 6.99. The van der Waals surface area contributed by atoms with Crippen molar-refractivity contribution in [2.75, 3.05) is 11.1 Å². The van der Waals surface area contributed by atoms with Crippen LogP contribution in [-0.4, -0.2) is 22.0 Å². The fourth-order valence-electron chi connectivity index (χ4n) is 2.25. The number of anilines is 2. The molecule has 1 aliphatic carbocycles. The molecule has 1 saturated carbocycles. The SMILES string of the molecule is Cn1cc(-c2cc(N)cc(NC(=O)OC3CCC3)c2)cn1. The predicted molar refractivity (Wildman–Crippen MR) is 80.8 cm³/mol. The first kappa shape index (κ1) is 13.5. The molecule has 110 valence electrons. The second-order valence-corrected chi connectivity index (χ2v) is 5.33. The van der Waals surface area contributed by atoms with Crippen LogP contribution in [0.15, 0.2) is 30.6 Å². The van der Waals surface area contributed by atoms with Crippen molar-refractivity contribution >= 4 is 17.5 Å². The van der Waals surface area contributed by atoms with Crippen molar-refractivity contribution in [1.82, 2.24) is 9.78 Å². The Balaban J connectivity index is 1.75. The average Bonchev–Trinajstić information content (AvgIpc) is 2.80. The van der Waals surface area contributed by atoms with Gasteiger partial charge in [0.15, 0.2) is 0 Å². The van der Waals surface area contributed by atoms with Crippen molar-refractivity contribution in [3.8, 4) is 11.1 Å². The Morgan fingerprint density at radius 1 is 1.38 bits per heavy atom. The molecule has 0 bridgehead atoms. The van der Waals surface area contributed by atoms with E-state index in [1.165, 1.54) is 0 Å². The Bertz CT molecular complexity index is 661. The lowest BCUT2D eigenvalue weighted by molar-refractivity contribution is 0.0624. The largest absolute Gasteiger partial charge is 0.446 e. The monoisotopic (exact) mass is 286 g/mol. The number of hydrogen-bond acceptors (Lipinski definition) is 4. The molecule has 21 heavy (non-hydrogen) atoms. The maximum absolute atomic E-state index is 11.8. The Labute approximate surface area is 122 Å². The molecule has 0 unspecified atom stereocenters. The van der Waals surface area contributed by atoms with E-state index in [1.807, 2.05) is 25.4 Å². The number of aryl methyl sites for hydroxylation is 1. The number of nitrogens with zero attached hydrogens (tertiary/aromatic N) is 2. The predicted octanol–water partition coefficient (Wildman–Crippen LogP) is 2.77. The Hall–Kier alpha value is -2.50. The van der Waals surface area contributed by atoms with Gasteiger partial charge in [-0.15, -0.1) is 0 Å². The smallest absolute Gasteiger partial charge is 0.411 e. The molecule has 1 aromatic carbocycles. The van der Waals surface area contributed by atoms with Gasteiger partial charge in [-0.05, 0) is 43.0 Å². The summed E-state index contributed by atoms with van der Waals surface area (Å²) in [5.41, 5.74) is 8.95. The molecule has 0 aliphatic heterocycles. The zero-order valence-electron chi connectivity index (χ0n) is 11.9. The average molecular weight is 286 g/mol. The van der Waals surface area contributed by atoms with Gasteiger partial charge in [0.05, 0.1) is 6.20 Å². The molecule has 2 aromatic rings. The first-order valence-electron chi connectivity index (χ1n) is 6.97. The highest BCUT2D eigenvalue weighted by atomic mass is 16.6. The number of hydrogen-bond donors (Lipinski definition) is 2. The van der Waals surface area contributed by atoms with E-state index in [0.717, 1.165) is 30.4 Å². The second-order valence-electron chi connectivity index (χ2n) is 5.33. The molecule has 6 heteroatoms. The zero-order chi connectivity index (χ0) is 14.8. The van der Waals surface area contributed by atoms with Gasteiger partial charge < -0.3 is 10.5 Å². The number of rotatable bonds is 3. The zero-order valence-corrected chi connectivity index (χ0v) is 11.9. The summed E-state index contributed by atoms with van der Waals surface area (Å²) in [6.45, 7) is 0. The summed E-state index contributed by atoms with van der Waals surface area (Å²) in [5, 5.41) is 6.87. The van der Waals surface area contributed by atoms with Gasteiger partial charge in [-0.3, -0.25) is 10.00 Å². The van der Waals surface area contributed by atoms with Crippen molar-refractivity contribution in [3.63, 3.8) is 0 Å². The first-order chi connectivity index (χ1) is 10.1. The Morgan fingerprint density at radius 2 is 2.19 bits per heavy atom. The summed E-state index contributed by atoms with van der Waals surface area (Å²) in [4.78, 5) is 11.8. The number of carbonyl (C=O) groups excluding carboxylic acids is 1. The van der Waals surface area contributed by atoms with Gasteiger partial charge in [-0.1, -0.05) is 0 Å². The molecule has 0 atom stereocenters. The standard InChI is InChI=1S/C15H18N4O2/c1-19-9-11(8-17-19)10-5-12(16)7-13(6-10)18-15(20)21-14-3-2-4-14/h5-9,14H,2-4,16H2,1H3,(H,18,20). The van der Waals surface area contributed by atoms with Gasteiger partial charge in [-0.25, -0.2) is 4.79 Å². The molecule has 0 spiro atoms. The van der Waals surface area contributed by atoms with E-state index in [9.17, 15) is 4.79 Å². The van der Waals surface area contributed by atoms with Gasteiger partial charge in [-0.2, -0.15) is 5.10 Å². The third kappa shape index (κ3) is 3.16. The lowest BCUT2D eigenvalue weighted by Crippen LogP contribution is -2.27. The van der Waals surface area contributed by atoms with Crippen molar-refractivity contribution in [2.45, 2.75) is 25.4 Å². The van der Waals surface area contributed by atoms with Crippen LogP contribution in [0.25, 0.3) is 11.1 Å². The minimum absolute atomic E-state index is 0.0591. The van der Waals surface area contributed by atoms with Crippen LogP contribution >= 0.6 is 0 Å². The van der Waals surface area contributed by atoms with E-state index in [4.69, 9.17) is 10.5 Å². The molecular weight excluding hydrogens is 268 g/mol. The Kier molecular flexibility index (Phi) is 3.51. The van der Waals surface area contributed by atoms with Crippen molar-refractivity contribution in [3.05, 3.63) is 30.6 Å². The van der Waals surface area contributed by atoms with Crippen LogP contribution < -0.4 is 11.1 Å². The summed E-state index contributed by atoms with van der Waals surface area (Å²) in [6.07, 6.45) is 6.31. The summed E-state index contributed by atoms with van der Waals surface area (Å²) in [6, 6.07) is 5.41. The van der Waals surface area contributed by atoms with E-state index in [2.05, 4.69) is 10.4 Å². The van der Waals surface area contributed by atoms with Gasteiger partial charge >= 0.3 is 6.09 Å². The maximum atomic E-state index is 11.8. The number of carbonyl (C=O) groups is 1. The minimum atomic E-state index is -0.428. The molecule has 0 saturated heterocycles. The molecule has 1 amide bonds. The second kappa shape index (κ2) is 5.47. The molecule has 1 aliphatic rings. The lowest BCUT2D eigenvalue weighted by atomic mass is 9.96. The number of aromatic nitrogens is 2. The molecule has 1 aromatic heterocycles. The number of nitrogens with two attached hydrogens (primary N) is 1. The number of nitrogens with one attached hydrogen (secondary N) is 1. The normalized spacial score (nSPS) is 14.5. The van der Waals surface area contributed by atoms with Crippen LogP contribution in [-0.2, 0) is 11.8 Å². The quantitative estimate of drug-likeness (QED) is 0.850. The van der Waals surface area contributed by atoms with Crippen LogP contribution in [0.3, 0.4) is 0 Å². The molecule has 3 rings (SSSR count). The number of benzene rings is 1. The van der Waals surface area contributed by atoms with E-state index >= 15 is 0 Å². The van der Waals surface area contributed by atoms with Crippen LogP contribution in [0.4, 0.5) is 16.2 Å². The van der Waals surface area contributed by atoms with Gasteiger partial charge in [0.2, 0.25) is 0 Å². The van der Waals surface area contributed by atoms with Crippen molar-refractivity contribution in [2.24, 2.45) is 7.05 Å². The summed E-state index contributed by atoms with van der Waals surface area (Å²) in [7, 11) is 1.85. The van der Waals surface area contributed by atoms with Crippen LogP contribution in [0.2, 0.25) is 0 Å². The van der Waals surface area contributed by atoms with E-state index in [0.29, 0.717) is 11.4 Å². The van der Waals surface area contributed by atoms with E-state index in [1.54, 1.807) is 16.9 Å². The lowest BCUT2D eigenvalue weighted by Gasteiger charge is -2.25. The highest BCUT2D eigenvalue weighted by molar-refractivity contribution is 5.87. The topological polar surface area (TPSA) is 82.2 Å². The van der Waals surface area contributed by atoms with Crippen LogP contribution in [0.5, 0.6) is 0 Å². The van der Waals surface area contributed by atoms with Gasteiger partial charge in [0.1, 0.15) is 6.10 Å². The summed E-state index contributed by atoms with van der Waals surface area (Å²) in [5.74, 6) is 0. The maximum Gasteiger partial charge on any atom is 0.411 e. The van der Waals surface area contributed by atoms with E-state index < -0.39 is 6.09 Å². The third-order valence-corrected chi connectivity index (χ3v) is 3.57. The number of ether oxygens (including phenoxy) is 1. The molecule has 1 fully saturated rings. The fraction of sp³-hybridized carbons (Fsp3) is 0.333. The minimum Gasteiger partial charge on any atom is -0.446 e. The summed E-state index contributed by atoms with van der Waals surface area (Å²) >= 11 is 0. The molecule has 1 heterocycles. The van der Waals surface area contributed by atoms with Gasteiger partial charge in [0, 0.05) is 30.2 Å². The fourth-order valence-corrected chi connectivity index (χ4v) is 2.25. The van der Waals surface area contributed by atoms with Crippen LogP contribution in [0.1, 0.15) is 19.3 Å². The third-order valence-electron chi connectivity index (χ3n) is 3.57. The number of amides is 1. The highest BCUT2D eigenvalue weighted by Crippen LogP contribution is 2.27. The first-order valence-corrected chi connectivity index (χ1v) is 6.97. The molecular formula is C15H18N4O2. The molecule has 3 N–H and O–H groups in total. The van der Waals surface area contributed by atoms with Gasteiger partial charge in [0.25, 0.3) is 0 Å². The van der Waals surface area contributed by atoms with Crippen molar-refractivity contribution in [1.29, 1.82) is 0 Å².